The zero-order valence-electron chi connectivity index (χ0n) is 16.2. The van der Waals surface area contributed by atoms with Crippen LogP contribution in [0.5, 0.6) is 0 Å². The Labute approximate surface area is 171 Å². The molecule has 29 heavy (non-hydrogen) atoms. The van der Waals surface area contributed by atoms with Gasteiger partial charge in [-0.2, -0.15) is 4.72 Å². The van der Waals surface area contributed by atoms with Crippen LogP contribution in [0.15, 0.2) is 95.9 Å². The van der Waals surface area contributed by atoms with Gasteiger partial charge in [-0.15, -0.1) is 0 Å². The average Bonchev–Trinajstić information content (AvgIpc) is 2.75. The van der Waals surface area contributed by atoms with Crippen molar-refractivity contribution < 1.29 is 13.2 Å². The summed E-state index contributed by atoms with van der Waals surface area (Å²) in [7, 11) is -3.84. The van der Waals surface area contributed by atoms with Gasteiger partial charge in [-0.25, -0.2) is 8.42 Å². The highest BCUT2D eigenvalue weighted by atomic mass is 32.2. The zero-order valence-corrected chi connectivity index (χ0v) is 17.0. The van der Waals surface area contributed by atoms with Crippen LogP contribution in [0.4, 0.5) is 0 Å². The van der Waals surface area contributed by atoms with E-state index in [0.29, 0.717) is 0 Å². The fourth-order valence-electron chi connectivity index (χ4n) is 3.03. The Morgan fingerprint density at radius 3 is 1.93 bits per heavy atom. The molecule has 2 atom stereocenters. The number of sulfonamides is 1. The van der Waals surface area contributed by atoms with Gasteiger partial charge in [0.05, 0.1) is 10.9 Å². The predicted molar refractivity (Wildman–Crippen MR) is 114 cm³/mol. The lowest BCUT2D eigenvalue weighted by Gasteiger charge is -2.22. The number of hydrogen-bond donors (Lipinski definition) is 2. The van der Waals surface area contributed by atoms with Crippen LogP contribution in [0.3, 0.4) is 0 Å². The van der Waals surface area contributed by atoms with E-state index in [1.165, 1.54) is 12.1 Å². The number of carbonyl (C=O) groups excluding carboxylic acids is 1. The first kappa shape index (κ1) is 20.8. The van der Waals surface area contributed by atoms with E-state index in [4.69, 9.17) is 0 Å². The molecule has 0 bridgehead atoms. The first-order valence-corrected chi connectivity index (χ1v) is 10.9. The normalized spacial score (nSPS) is 13.4. The van der Waals surface area contributed by atoms with Crippen LogP contribution in [-0.4, -0.2) is 20.4 Å². The highest BCUT2D eigenvalue weighted by Crippen LogP contribution is 2.14. The summed E-state index contributed by atoms with van der Waals surface area (Å²) in [5.41, 5.74) is 1.82. The van der Waals surface area contributed by atoms with E-state index in [-0.39, 0.29) is 23.3 Å². The van der Waals surface area contributed by atoms with Crippen molar-refractivity contribution in [1.29, 1.82) is 0 Å². The Hall–Kier alpha value is -2.96. The van der Waals surface area contributed by atoms with Crippen molar-refractivity contribution >= 4 is 15.9 Å². The average molecular weight is 409 g/mol. The van der Waals surface area contributed by atoms with Gasteiger partial charge in [0, 0.05) is 0 Å². The summed E-state index contributed by atoms with van der Waals surface area (Å²) in [4.78, 5) is 13.1. The lowest BCUT2D eigenvalue weighted by molar-refractivity contribution is -0.123. The second-order valence-corrected chi connectivity index (χ2v) is 8.53. The molecular formula is C23H24N2O3S. The van der Waals surface area contributed by atoms with Gasteiger partial charge >= 0.3 is 0 Å². The molecule has 0 unspecified atom stereocenters. The van der Waals surface area contributed by atoms with Crippen molar-refractivity contribution in [1.82, 2.24) is 10.0 Å². The molecule has 150 valence electrons. The minimum atomic E-state index is -3.84. The van der Waals surface area contributed by atoms with Crippen LogP contribution in [0.2, 0.25) is 0 Å². The fourth-order valence-corrected chi connectivity index (χ4v) is 4.25. The van der Waals surface area contributed by atoms with Crippen molar-refractivity contribution in [2.45, 2.75) is 30.3 Å². The van der Waals surface area contributed by atoms with Crippen LogP contribution in [0.25, 0.3) is 0 Å². The van der Waals surface area contributed by atoms with E-state index in [0.717, 1.165) is 11.1 Å². The van der Waals surface area contributed by atoms with Crippen LogP contribution >= 0.6 is 0 Å². The molecular weight excluding hydrogens is 384 g/mol. The van der Waals surface area contributed by atoms with Gasteiger partial charge in [0.25, 0.3) is 0 Å². The number of nitrogens with one attached hydrogen (secondary N) is 2. The largest absolute Gasteiger partial charge is 0.348 e. The van der Waals surface area contributed by atoms with Crippen LogP contribution < -0.4 is 10.0 Å². The minimum absolute atomic E-state index is 0.127. The van der Waals surface area contributed by atoms with Gasteiger partial charge in [0.2, 0.25) is 15.9 Å². The molecule has 0 aliphatic heterocycles. The lowest BCUT2D eigenvalue weighted by Crippen LogP contribution is -2.48. The molecule has 0 aromatic heterocycles. The van der Waals surface area contributed by atoms with Gasteiger partial charge in [-0.05, 0) is 36.6 Å². The molecule has 3 aromatic carbocycles. The third-order valence-corrected chi connectivity index (χ3v) is 6.10. The Morgan fingerprint density at radius 2 is 1.34 bits per heavy atom. The Bertz CT molecular complexity index is 1020. The SMILES string of the molecule is C[C@@H](NC(=O)[C@H](Cc1ccccc1)NS(=O)(=O)c1ccccc1)c1ccccc1. The van der Waals surface area contributed by atoms with Crippen LogP contribution in [0.1, 0.15) is 24.1 Å². The van der Waals surface area contributed by atoms with Gasteiger partial charge in [-0.3, -0.25) is 4.79 Å². The molecule has 0 aliphatic carbocycles. The van der Waals surface area contributed by atoms with E-state index in [1.54, 1.807) is 18.2 Å². The smallest absolute Gasteiger partial charge is 0.241 e. The van der Waals surface area contributed by atoms with Crippen molar-refractivity contribution in [2.24, 2.45) is 0 Å². The molecule has 1 amide bonds. The Balaban J connectivity index is 1.81. The summed E-state index contributed by atoms with van der Waals surface area (Å²) in [5.74, 6) is -0.371. The first-order chi connectivity index (χ1) is 14.0. The third kappa shape index (κ3) is 5.76. The Kier molecular flexibility index (Phi) is 6.80. The summed E-state index contributed by atoms with van der Waals surface area (Å²) < 4.78 is 28.2. The van der Waals surface area contributed by atoms with E-state index in [2.05, 4.69) is 10.0 Å². The molecule has 6 heteroatoms. The molecule has 0 saturated heterocycles. The molecule has 2 N–H and O–H groups in total. The topological polar surface area (TPSA) is 75.3 Å². The second-order valence-electron chi connectivity index (χ2n) is 6.82. The van der Waals surface area contributed by atoms with Gasteiger partial charge < -0.3 is 5.32 Å². The molecule has 3 aromatic rings. The molecule has 0 heterocycles. The summed E-state index contributed by atoms with van der Waals surface area (Å²) in [6.45, 7) is 1.87. The fraction of sp³-hybridized carbons (Fsp3) is 0.174. The predicted octanol–water partition coefficient (Wildman–Crippen LogP) is 3.45. The maximum atomic E-state index is 13.0. The number of amides is 1. The van der Waals surface area contributed by atoms with Crippen molar-refractivity contribution in [3.63, 3.8) is 0 Å². The number of carbonyl (C=O) groups is 1. The monoisotopic (exact) mass is 408 g/mol. The summed E-state index contributed by atoms with van der Waals surface area (Å²) in [6, 6.07) is 25.8. The van der Waals surface area contributed by atoms with Crippen molar-refractivity contribution in [2.75, 3.05) is 0 Å². The maximum Gasteiger partial charge on any atom is 0.241 e. The minimum Gasteiger partial charge on any atom is -0.348 e. The first-order valence-electron chi connectivity index (χ1n) is 9.42. The van der Waals surface area contributed by atoms with E-state index < -0.39 is 16.1 Å². The molecule has 0 radical (unpaired) electrons. The van der Waals surface area contributed by atoms with Gasteiger partial charge in [-0.1, -0.05) is 78.9 Å². The quantitative estimate of drug-likeness (QED) is 0.599. The lowest BCUT2D eigenvalue weighted by atomic mass is 10.0. The van der Waals surface area contributed by atoms with Gasteiger partial charge in [0.15, 0.2) is 0 Å². The van der Waals surface area contributed by atoms with E-state index in [9.17, 15) is 13.2 Å². The zero-order chi connectivity index (χ0) is 20.7. The summed E-state index contributed by atoms with van der Waals surface area (Å²) >= 11 is 0. The number of benzene rings is 3. The summed E-state index contributed by atoms with van der Waals surface area (Å²) in [5, 5.41) is 2.92. The summed E-state index contributed by atoms with van der Waals surface area (Å²) in [6.07, 6.45) is 0.250. The van der Waals surface area contributed by atoms with Gasteiger partial charge in [0.1, 0.15) is 6.04 Å². The highest BCUT2D eigenvalue weighted by molar-refractivity contribution is 7.89. The molecule has 0 fully saturated rings. The standard InChI is InChI=1S/C23H24N2O3S/c1-18(20-13-7-3-8-14-20)24-23(26)22(17-19-11-5-2-6-12-19)25-29(27,28)21-15-9-4-10-16-21/h2-16,18,22,25H,17H2,1H3,(H,24,26)/t18-,22+/m1/s1. The molecule has 5 nitrogen and oxygen atoms in total. The molecule has 0 saturated carbocycles. The van der Waals surface area contributed by atoms with Crippen LogP contribution in [-0.2, 0) is 21.2 Å². The van der Waals surface area contributed by atoms with E-state index >= 15 is 0 Å². The number of rotatable bonds is 8. The number of hydrogen-bond acceptors (Lipinski definition) is 3. The second kappa shape index (κ2) is 9.49. The Morgan fingerprint density at radius 1 is 0.828 bits per heavy atom. The van der Waals surface area contributed by atoms with E-state index in [1.807, 2.05) is 67.6 Å². The molecule has 0 spiro atoms. The maximum absolute atomic E-state index is 13.0. The third-order valence-electron chi connectivity index (χ3n) is 4.61. The van der Waals surface area contributed by atoms with Crippen molar-refractivity contribution in [3.8, 4) is 0 Å². The molecule has 0 aliphatic rings. The van der Waals surface area contributed by atoms with Crippen molar-refractivity contribution in [3.05, 3.63) is 102 Å². The molecule has 3 rings (SSSR count). The van der Waals surface area contributed by atoms with Crippen LogP contribution in [0, 0.1) is 0 Å². The highest BCUT2D eigenvalue weighted by Gasteiger charge is 2.27.